The molecule has 3 rings (SSSR count). The molecule has 3 N–H and O–H groups in total. The Morgan fingerprint density at radius 1 is 1.17 bits per heavy atom. The van der Waals surface area contributed by atoms with Crippen LogP contribution in [0.1, 0.15) is 72.1 Å². The van der Waals surface area contributed by atoms with Crippen LogP contribution in [-0.4, -0.2) is 77.5 Å². The zero-order chi connectivity index (χ0) is 26.4. The van der Waals surface area contributed by atoms with E-state index in [1.165, 1.54) is 0 Å². The summed E-state index contributed by atoms with van der Waals surface area (Å²) >= 11 is 0. The summed E-state index contributed by atoms with van der Waals surface area (Å²) in [5.41, 5.74) is 0.000105. The van der Waals surface area contributed by atoms with Crippen molar-refractivity contribution in [1.29, 1.82) is 0 Å². The van der Waals surface area contributed by atoms with Crippen molar-refractivity contribution in [3.63, 3.8) is 0 Å². The first kappa shape index (κ1) is 29.2. The number of carboxylic acid groups (broad SMARTS) is 2. The molecule has 9 nitrogen and oxygen atoms in total. The van der Waals surface area contributed by atoms with E-state index in [0.29, 0.717) is 24.2 Å². The number of rotatable bonds is 7. The number of likely N-dealkylation sites (N-methyl/N-ethyl adjacent to an activating group) is 1. The van der Waals surface area contributed by atoms with Gasteiger partial charge in [0, 0.05) is 30.0 Å². The average Bonchev–Trinajstić information content (AvgIpc) is 2.77. The Morgan fingerprint density at radius 3 is 2.40 bits per heavy atom. The second-order valence-corrected chi connectivity index (χ2v) is 11.4. The molecule has 0 saturated heterocycles. The maximum atomic E-state index is 13.4. The van der Waals surface area contributed by atoms with Gasteiger partial charge in [-0.25, -0.2) is 9.59 Å². The van der Waals surface area contributed by atoms with Gasteiger partial charge in [-0.3, -0.25) is 4.79 Å². The Kier molecular flexibility index (Phi) is 10.3. The van der Waals surface area contributed by atoms with Gasteiger partial charge < -0.3 is 25.1 Å². The van der Waals surface area contributed by atoms with Crippen molar-refractivity contribution in [3.05, 3.63) is 0 Å². The highest BCUT2D eigenvalue weighted by molar-refractivity contribution is 6.27. The minimum Gasteiger partial charge on any atom is -0.473 e. The molecule has 3 saturated carbocycles. The molecule has 35 heavy (non-hydrogen) atoms. The molecule has 200 valence electrons. The number of carbonyl (C=O) groups excluding carboxylic acids is 1. The van der Waals surface area contributed by atoms with Crippen LogP contribution in [0, 0.1) is 34.5 Å². The number of oxime groups is 1. The number of aliphatic hydroxyl groups is 1. The molecule has 0 radical (unpaired) electrons. The maximum absolute atomic E-state index is 13.4. The number of carboxylic acids is 2. The standard InChI is InChI=1S/C24H42N2O3.C2H2O4/c1-6-10-23(2)11-9-20-19(22(23)28)8-7-18-14-21(27)17(15-24(18,20)3)16-25-29-13-12-26(4)5;3-1(4)2(5)6/h16-21,27H,6-15H2,1-5H3;(H,3,4)(H,5,6)/b25-16+;/t17?,18-,19-,20+,21-,23+,24+;/m1./s1. The molecule has 3 aliphatic rings. The van der Waals surface area contributed by atoms with Gasteiger partial charge in [-0.2, -0.15) is 0 Å². The van der Waals surface area contributed by atoms with Crippen molar-refractivity contribution in [2.75, 3.05) is 27.2 Å². The summed E-state index contributed by atoms with van der Waals surface area (Å²) in [5, 5.41) is 29.7. The van der Waals surface area contributed by atoms with E-state index in [9.17, 15) is 9.90 Å². The minimum atomic E-state index is -1.82. The highest BCUT2D eigenvalue weighted by atomic mass is 16.6. The lowest BCUT2D eigenvalue weighted by Crippen LogP contribution is -2.56. The van der Waals surface area contributed by atoms with Crippen LogP contribution in [-0.2, 0) is 19.2 Å². The molecule has 0 heterocycles. The maximum Gasteiger partial charge on any atom is 0.414 e. The summed E-state index contributed by atoms with van der Waals surface area (Å²) in [5.74, 6) is -1.92. The van der Waals surface area contributed by atoms with E-state index in [1.54, 1.807) is 0 Å². The fourth-order valence-corrected chi connectivity index (χ4v) is 6.73. The first-order valence-electron chi connectivity index (χ1n) is 12.8. The molecule has 0 spiro atoms. The molecule has 1 unspecified atom stereocenters. The Balaban J connectivity index is 0.000000641. The molecule has 0 amide bonds. The molecule has 7 atom stereocenters. The average molecular weight is 497 g/mol. The number of carbonyl (C=O) groups is 3. The predicted octanol–water partition coefficient (Wildman–Crippen LogP) is 3.29. The van der Waals surface area contributed by atoms with Gasteiger partial charge in [0.25, 0.3) is 0 Å². The number of fused-ring (bicyclic) bond motifs is 3. The normalized spacial score (nSPS) is 36.7. The molecule has 0 aromatic heterocycles. The third kappa shape index (κ3) is 7.03. The second kappa shape index (κ2) is 12.3. The summed E-state index contributed by atoms with van der Waals surface area (Å²) in [6.45, 7) is 8.17. The molecular weight excluding hydrogens is 452 g/mol. The van der Waals surface area contributed by atoms with Crippen molar-refractivity contribution >= 4 is 23.9 Å². The van der Waals surface area contributed by atoms with E-state index < -0.39 is 11.9 Å². The van der Waals surface area contributed by atoms with Crippen LogP contribution in [0.4, 0.5) is 0 Å². The summed E-state index contributed by atoms with van der Waals surface area (Å²) < 4.78 is 0. The zero-order valence-corrected chi connectivity index (χ0v) is 21.9. The lowest BCUT2D eigenvalue weighted by Gasteiger charge is -2.58. The van der Waals surface area contributed by atoms with Crippen LogP contribution < -0.4 is 0 Å². The highest BCUT2D eigenvalue weighted by Crippen LogP contribution is 2.61. The highest BCUT2D eigenvalue weighted by Gasteiger charge is 2.57. The number of hydrogen-bond donors (Lipinski definition) is 3. The van der Waals surface area contributed by atoms with E-state index in [0.717, 1.165) is 57.9 Å². The molecule has 0 aliphatic heterocycles. The monoisotopic (exact) mass is 496 g/mol. The number of hydrogen-bond acceptors (Lipinski definition) is 7. The fourth-order valence-electron chi connectivity index (χ4n) is 6.73. The smallest absolute Gasteiger partial charge is 0.414 e. The van der Waals surface area contributed by atoms with Crippen molar-refractivity contribution < 1.29 is 34.5 Å². The number of ketones is 1. The van der Waals surface area contributed by atoms with Crippen molar-refractivity contribution in [2.45, 2.75) is 78.2 Å². The van der Waals surface area contributed by atoms with Gasteiger partial charge in [-0.05, 0) is 76.3 Å². The van der Waals surface area contributed by atoms with Crippen LogP contribution in [0.2, 0.25) is 0 Å². The zero-order valence-electron chi connectivity index (χ0n) is 21.9. The molecule has 9 heteroatoms. The Bertz CT molecular complexity index is 774. The van der Waals surface area contributed by atoms with Gasteiger partial charge in [-0.15, -0.1) is 0 Å². The van der Waals surface area contributed by atoms with Gasteiger partial charge in [0.15, 0.2) is 0 Å². The topological polar surface area (TPSA) is 137 Å². The lowest BCUT2D eigenvalue weighted by molar-refractivity contribution is -0.159. The van der Waals surface area contributed by atoms with E-state index in [-0.39, 0.29) is 28.8 Å². The number of aliphatic hydroxyl groups excluding tert-OH is 1. The fraction of sp³-hybridized carbons (Fsp3) is 0.846. The lowest BCUT2D eigenvalue weighted by atomic mass is 9.45. The predicted molar refractivity (Wildman–Crippen MR) is 132 cm³/mol. The Morgan fingerprint density at radius 2 is 1.83 bits per heavy atom. The van der Waals surface area contributed by atoms with Crippen LogP contribution in [0.5, 0.6) is 0 Å². The SMILES string of the molecule is CCC[C@@]1(C)CC[C@H]2[C@@H](CC[C@@H]3C[C@@H](O)C(/C=N/OCCN(C)C)C[C@@]32C)C1=O.O=C(O)C(=O)O. The number of nitrogens with zero attached hydrogens (tertiary/aromatic N) is 2. The van der Waals surface area contributed by atoms with Crippen LogP contribution >= 0.6 is 0 Å². The summed E-state index contributed by atoms with van der Waals surface area (Å²) in [6.07, 6.45) is 9.59. The van der Waals surface area contributed by atoms with Gasteiger partial charge in [0.05, 0.1) is 6.10 Å². The molecule has 3 aliphatic carbocycles. The molecule has 0 aromatic rings. The quantitative estimate of drug-likeness (QED) is 0.211. The van der Waals surface area contributed by atoms with E-state index >= 15 is 0 Å². The van der Waals surface area contributed by atoms with Crippen molar-refractivity contribution in [1.82, 2.24) is 4.90 Å². The number of Topliss-reactive ketones (excluding diaryl/α,β-unsaturated/α-hetero) is 1. The van der Waals surface area contributed by atoms with Crippen LogP contribution in [0.15, 0.2) is 5.16 Å². The molecule has 0 bridgehead atoms. The molecule has 0 aromatic carbocycles. The third-order valence-electron chi connectivity index (χ3n) is 8.67. The van der Waals surface area contributed by atoms with Crippen LogP contribution in [0.3, 0.4) is 0 Å². The van der Waals surface area contributed by atoms with E-state index in [1.807, 2.05) is 20.3 Å². The minimum absolute atomic E-state index is 0.0217. The van der Waals surface area contributed by atoms with Gasteiger partial charge in [-0.1, -0.05) is 32.3 Å². The third-order valence-corrected chi connectivity index (χ3v) is 8.67. The first-order chi connectivity index (χ1) is 16.4. The van der Waals surface area contributed by atoms with E-state index in [2.05, 4.69) is 30.8 Å². The summed E-state index contributed by atoms with van der Waals surface area (Å²) in [6, 6.07) is 0. The Labute approximate surface area is 208 Å². The molecule has 3 fully saturated rings. The summed E-state index contributed by atoms with van der Waals surface area (Å²) in [4.78, 5) is 39.1. The first-order valence-corrected chi connectivity index (χ1v) is 12.8. The van der Waals surface area contributed by atoms with Gasteiger partial charge >= 0.3 is 11.9 Å². The second-order valence-electron chi connectivity index (χ2n) is 11.4. The van der Waals surface area contributed by atoms with Gasteiger partial charge in [0.1, 0.15) is 12.4 Å². The van der Waals surface area contributed by atoms with E-state index in [4.69, 9.17) is 24.6 Å². The van der Waals surface area contributed by atoms with Crippen molar-refractivity contribution in [3.8, 4) is 0 Å². The summed E-state index contributed by atoms with van der Waals surface area (Å²) in [7, 11) is 4.02. The Hall–Kier alpha value is -2.00. The van der Waals surface area contributed by atoms with Gasteiger partial charge in [0.2, 0.25) is 0 Å². The molecular formula is C26H44N2O7. The number of aliphatic carboxylic acids is 2. The van der Waals surface area contributed by atoms with Crippen molar-refractivity contribution in [2.24, 2.45) is 39.7 Å². The largest absolute Gasteiger partial charge is 0.473 e. The van der Waals surface area contributed by atoms with Crippen LogP contribution in [0.25, 0.3) is 0 Å².